The van der Waals surface area contributed by atoms with Gasteiger partial charge >= 0.3 is 0 Å². The van der Waals surface area contributed by atoms with E-state index in [1.807, 2.05) is 18.2 Å². The van der Waals surface area contributed by atoms with Crippen molar-refractivity contribution in [3.8, 4) is 0 Å². The minimum absolute atomic E-state index is 0.0205. The highest BCUT2D eigenvalue weighted by Crippen LogP contribution is 2.18. The molecule has 2 unspecified atom stereocenters. The number of amidine groups is 1. The van der Waals surface area contributed by atoms with E-state index >= 15 is 0 Å². The van der Waals surface area contributed by atoms with E-state index in [1.165, 1.54) is 11.8 Å². The number of nitrogens with one attached hydrogen (secondary N) is 3. The Morgan fingerprint density at radius 2 is 2.15 bits per heavy atom. The van der Waals surface area contributed by atoms with Crippen LogP contribution in [-0.4, -0.2) is 35.3 Å². The summed E-state index contributed by atoms with van der Waals surface area (Å²) in [5, 5.41) is 3.23. The number of ketones is 1. The van der Waals surface area contributed by atoms with Crippen LogP contribution >= 0.6 is 11.8 Å². The van der Waals surface area contributed by atoms with Gasteiger partial charge in [0.15, 0.2) is 11.0 Å². The molecule has 0 aliphatic carbocycles. The summed E-state index contributed by atoms with van der Waals surface area (Å²) in [7, 11) is 0. The molecule has 0 spiro atoms. The minimum atomic E-state index is -0.238. The van der Waals surface area contributed by atoms with Crippen LogP contribution in [0.1, 0.15) is 10.4 Å². The van der Waals surface area contributed by atoms with E-state index in [0.717, 1.165) is 0 Å². The van der Waals surface area contributed by atoms with Crippen LogP contribution in [0.4, 0.5) is 0 Å². The third-order valence-corrected chi connectivity index (χ3v) is 4.10. The first-order valence-corrected chi connectivity index (χ1v) is 7.31. The molecule has 1 fully saturated rings. The smallest absolute Gasteiger partial charge is 0.233 e. The van der Waals surface area contributed by atoms with E-state index in [9.17, 15) is 9.59 Å². The Kier molecular flexibility index (Phi) is 3.81. The van der Waals surface area contributed by atoms with Crippen LogP contribution < -0.4 is 16.2 Å². The van der Waals surface area contributed by atoms with Crippen molar-refractivity contribution < 1.29 is 9.59 Å². The molecule has 6 nitrogen and oxygen atoms in total. The van der Waals surface area contributed by atoms with Crippen molar-refractivity contribution in [3.05, 3.63) is 35.9 Å². The number of carbonyl (C=O) groups is 2. The van der Waals surface area contributed by atoms with Gasteiger partial charge in [0.2, 0.25) is 5.91 Å². The largest absolute Gasteiger partial charge is 0.305 e. The molecule has 104 valence electrons. The second kappa shape index (κ2) is 5.74. The number of fused-ring (bicyclic) bond motifs is 1. The van der Waals surface area contributed by atoms with Crippen molar-refractivity contribution in [3.63, 3.8) is 0 Å². The van der Waals surface area contributed by atoms with Crippen LogP contribution in [-0.2, 0) is 4.79 Å². The number of hydrogen-bond donors (Lipinski definition) is 3. The highest BCUT2D eigenvalue weighted by Gasteiger charge is 2.36. The number of Topliss-reactive ketones (excluding diaryl/α,β-unsaturated/α-hetero) is 1. The zero-order chi connectivity index (χ0) is 13.9. The summed E-state index contributed by atoms with van der Waals surface area (Å²) in [5.41, 5.74) is 6.52. The first-order valence-electron chi connectivity index (χ1n) is 6.32. The maximum atomic E-state index is 12.0. The summed E-state index contributed by atoms with van der Waals surface area (Å²) in [4.78, 5) is 28.2. The summed E-state index contributed by atoms with van der Waals surface area (Å²) >= 11 is 1.25. The number of benzene rings is 1. The van der Waals surface area contributed by atoms with E-state index in [1.54, 1.807) is 12.1 Å². The minimum Gasteiger partial charge on any atom is -0.305 e. The SMILES string of the molecule is O=C(CSC1=NC2NNCC2C(=O)N1)c1ccccc1. The molecule has 2 aliphatic rings. The summed E-state index contributed by atoms with van der Waals surface area (Å²) in [5.74, 6) is 0.0435. The van der Waals surface area contributed by atoms with Gasteiger partial charge in [-0.3, -0.25) is 15.0 Å². The molecule has 3 N–H and O–H groups in total. The number of carbonyl (C=O) groups excluding carboxylic acids is 2. The van der Waals surface area contributed by atoms with Crippen molar-refractivity contribution >= 4 is 28.6 Å². The molecule has 3 rings (SSSR count). The van der Waals surface area contributed by atoms with Gasteiger partial charge < -0.3 is 5.32 Å². The Hall–Kier alpha value is -1.70. The van der Waals surface area contributed by atoms with E-state index in [4.69, 9.17) is 0 Å². The molecule has 0 bridgehead atoms. The summed E-state index contributed by atoms with van der Waals surface area (Å²) in [6.07, 6.45) is -0.238. The predicted molar refractivity (Wildman–Crippen MR) is 77.2 cm³/mol. The van der Waals surface area contributed by atoms with Gasteiger partial charge in [0.25, 0.3) is 0 Å². The topological polar surface area (TPSA) is 82.6 Å². The number of thioether (sulfide) groups is 1. The van der Waals surface area contributed by atoms with Gasteiger partial charge in [-0.15, -0.1) is 0 Å². The van der Waals surface area contributed by atoms with Crippen LogP contribution in [0.3, 0.4) is 0 Å². The number of hydrogen-bond acceptors (Lipinski definition) is 6. The number of rotatable bonds is 3. The molecule has 2 heterocycles. The Bertz CT molecular complexity index is 561. The van der Waals surface area contributed by atoms with E-state index < -0.39 is 0 Å². The molecular formula is C13H14N4O2S. The average molecular weight is 290 g/mol. The van der Waals surface area contributed by atoms with Gasteiger partial charge in [0, 0.05) is 12.1 Å². The van der Waals surface area contributed by atoms with Crippen LogP contribution in [0.2, 0.25) is 0 Å². The first kappa shape index (κ1) is 13.3. The van der Waals surface area contributed by atoms with Crippen LogP contribution in [0.15, 0.2) is 35.3 Å². The molecule has 2 atom stereocenters. The second-order valence-electron chi connectivity index (χ2n) is 4.58. The van der Waals surface area contributed by atoms with Gasteiger partial charge in [-0.2, -0.15) is 0 Å². The summed E-state index contributed by atoms with van der Waals surface area (Å²) in [6, 6.07) is 9.09. The zero-order valence-electron chi connectivity index (χ0n) is 10.6. The maximum absolute atomic E-state index is 12.0. The van der Waals surface area contributed by atoms with E-state index in [-0.39, 0.29) is 29.5 Å². The highest BCUT2D eigenvalue weighted by molar-refractivity contribution is 8.14. The standard InChI is InChI=1S/C13H14N4O2S/c18-10(8-4-2-1-3-5-8)7-20-13-15-11-9(6-14-17-11)12(19)16-13/h1-5,9,11,14,17H,6-7H2,(H,15,16,19). The van der Waals surface area contributed by atoms with Crippen molar-refractivity contribution in [1.82, 2.24) is 16.2 Å². The monoisotopic (exact) mass is 290 g/mol. The molecule has 1 aromatic carbocycles. The molecule has 0 saturated carbocycles. The quantitative estimate of drug-likeness (QED) is 0.690. The van der Waals surface area contributed by atoms with Crippen LogP contribution in [0, 0.1) is 5.92 Å². The lowest BCUT2D eigenvalue weighted by molar-refractivity contribution is -0.123. The molecule has 2 aliphatic heterocycles. The lowest BCUT2D eigenvalue weighted by atomic mass is 10.1. The Morgan fingerprint density at radius 3 is 2.95 bits per heavy atom. The highest BCUT2D eigenvalue weighted by atomic mass is 32.2. The summed E-state index contributed by atoms with van der Waals surface area (Å²) < 4.78 is 0. The normalized spacial score (nSPS) is 24.8. The lowest BCUT2D eigenvalue weighted by Crippen LogP contribution is -2.46. The molecule has 20 heavy (non-hydrogen) atoms. The number of hydrazine groups is 1. The van der Waals surface area contributed by atoms with Gasteiger partial charge in [-0.25, -0.2) is 10.4 Å². The predicted octanol–water partition coefficient (Wildman–Crippen LogP) is 0.138. The molecule has 7 heteroatoms. The summed E-state index contributed by atoms with van der Waals surface area (Å²) in [6.45, 7) is 0.570. The van der Waals surface area contributed by atoms with Gasteiger partial charge in [-0.1, -0.05) is 42.1 Å². The molecule has 1 aromatic rings. The van der Waals surface area contributed by atoms with Crippen molar-refractivity contribution in [2.24, 2.45) is 10.9 Å². The van der Waals surface area contributed by atoms with Gasteiger partial charge in [0.05, 0.1) is 11.7 Å². The van der Waals surface area contributed by atoms with Crippen molar-refractivity contribution in [1.29, 1.82) is 0 Å². The fraction of sp³-hybridized carbons (Fsp3) is 0.308. The fourth-order valence-corrected chi connectivity index (χ4v) is 2.91. The van der Waals surface area contributed by atoms with Gasteiger partial charge in [-0.05, 0) is 0 Å². The number of aliphatic imine (C=N–C) groups is 1. The average Bonchev–Trinajstić information content (AvgIpc) is 2.94. The van der Waals surface area contributed by atoms with E-state index in [0.29, 0.717) is 17.3 Å². The second-order valence-corrected chi connectivity index (χ2v) is 5.54. The third kappa shape index (κ3) is 2.74. The van der Waals surface area contributed by atoms with Crippen LogP contribution in [0.25, 0.3) is 0 Å². The molecule has 1 amide bonds. The van der Waals surface area contributed by atoms with Crippen molar-refractivity contribution in [2.75, 3.05) is 12.3 Å². The first-order chi connectivity index (χ1) is 9.74. The molecule has 1 saturated heterocycles. The lowest BCUT2D eigenvalue weighted by Gasteiger charge is -2.21. The Labute approximate surface area is 120 Å². The number of amides is 1. The maximum Gasteiger partial charge on any atom is 0.233 e. The molecular weight excluding hydrogens is 276 g/mol. The Morgan fingerprint density at radius 1 is 1.35 bits per heavy atom. The Balaban J connectivity index is 1.61. The van der Waals surface area contributed by atoms with Crippen molar-refractivity contribution in [2.45, 2.75) is 6.17 Å². The molecule has 0 radical (unpaired) electrons. The van der Waals surface area contributed by atoms with Gasteiger partial charge in [0.1, 0.15) is 6.17 Å². The number of nitrogens with zero attached hydrogens (tertiary/aromatic N) is 1. The zero-order valence-corrected chi connectivity index (χ0v) is 11.4. The van der Waals surface area contributed by atoms with E-state index in [2.05, 4.69) is 21.2 Å². The van der Waals surface area contributed by atoms with Crippen LogP contribution in [0.5, 0.6) is 0 Å². The molecule has 0 aromatic heterocycles. The fourth-order valence-electron chi connectivity index (χ4n) is 2.12. The third-order valence-electron chi connectivity index (χ3n) is 3.21.